The molecule has 0 saturated carbocycles. The van der Waals surface area contributed by atoms with Gasteiger partial charge in [-0.05, 0) is 6.07 Å². The molecule has 4 heteroatoms. The molecule has 0 bridgehead atoms. The number of allylic oxidation sites excluding steroid dienone is 1. The number of benzene rings is 1. The van der Waals surface area contributed by atoms with Crippen molar-refractivity contribution in [1.29, 1.82) is 0 Å². The smallest absolute Gasteiger partial charge is 0.352 e. The van der Waals surface area contributed by atoms with Crippen molar-refractivity contribution >= 4 is 38.9 Å². The Labute approximate surface area is 101 Å². The molecule has 2 aromatic rings. The van der Waals surface area contributed by atoms with Crippen molar-refractivity contribution in [3.8, 4) is 0 Å². The zero-order valence-corrected chi connectivity index (χ0v) is 9.99. The lowest BCUT2D eigenvalue weighted by molar-refractivity contribution is 0.0691. The molecule has 0 radical (unpaired) electrons. The number of hydrogen-bond donors (Lipinski definition) is 2. The van der Waals surface area contributed by atoms with Gasteiger partial charge in [-0.2, -0.15) is 0 Å². The standard InChI is InChI=1S/C12H10BrNO2/c13-7-3-5-9-8-4-1-2-6-10(8)14-11(9)12(15)16/h1-6,14H,7H2,(H,15,16). The van der Waals surface area contributed by atoms with Crippen LogP contribution in [0.4, 0.5) is 0 Å². The Balaban J connectivity index is 2.69. The number of carboxylic acids is 1. The van der Waals surface area contributed by atoms with Crippen LogP contribution in [0.2, 0.25) is 0 Å². The molecule has 1 heterocycles. The number of H-pyrrole nitrogens is 1. The summed E-state index contributed by atoms with van der Waals surface area (Å²) in [6, 6.07) is 7.55. The van der Waals surface area contributed by atoms with E-state index in [2.05, 4.69) is 20.9 Å². The van der Waals surface area contributed by atoms with Gasteiger partial charge in [0, 0.05) is 21.8 Å². The molecule has 3 nitrogen and oxygen atoms in total. The van der Waals surface area contributed by atoms with E-state index in [1.807, 2.05) is 36.4 Å². The number of carboxylic acid groups (broad SMARTS) is 1. The Kier molecular flexibility index (Phi) is 3.10. The maximum Gasteiger partial charge on any atom is 0.352 e. The summed E-state index contributed by atoms with van der Waals surface area (Å²) in [5.74, 6) is -0.939. The van der Waals surface area contributed by atoms with Crippen molar-refractivity contribution in [2.75, 3.05) is 5.33 Å². The quantitative estimate of drug-likeness (QED) is 0.848. The van der Waals surface area contributed by atoms with E-state index in [1.165, 1.54) is 0 Å². The predicted octanol–water partition coefficient (Wildman–Crippen LogP) is 3.27. The molecule has 0 unspecified atom stereocenters. The largest absolute Gasteiger partial charge is 0.477 e. The first-order valence-electron chi connectivity index (χ1n) is 4.80. The first kappa shape index (κ1) is 11.0. The summed E-state index contributed by atoms with van der Waals surface area (Å²) in [7, 11) is 0. The Bertz CT molecular complexity index is 557. The van der Waals surface area contributed by atoms with E-state index in [4.69, 9.17) is 5.11 Å². The third kappa shape index (κ3) is 1.88. The molecular weight excluding hydrogens is 270 g/mol. The number of rotatable bonds is 3. The summed E-state index contributed by atoms with van der Waals surface area (Å²) < 4.78 is 0. The van der Waals surface area contributed by atoms with Crippen molar-refractivity contribution in [2.45, 2.75) is 0 Å². The molecule has 0 saturated heterocycles. The van der Waals surface area contributed by atoms with Gasteiger partial charge in [-0.15, -0.1) is 0 Å². The third-order valence-corrected chi connectivity index (χ3v) is 2.71. The summed E-state index contributed by atoms with van der Waals surface area (Å²) in [5, 5.41) is 10.7. The normalized spacial score (nSPS) is 11.3. The first-order valence-corrected chi connectivity index (χ1v) is 5.92. The molecule has 1 aromatic carbocycles. The highest BCUT2D eigenvalue weighted by Crippen LogP contribution is 2.23. The Morgan fingerprint density at radius 1 is 1.44 bits per heavy atom. The van der Waals surface area contributed by atoms with Gasteiger partial charge in [-0.25, -0.2) is 4.79 Å². The molecular formula is C12H10BrNO2. The van der Waals surface area contributed by atoms with Crippen LogP contribution < -0.4 is 0 Å². The average molecular weight is 280 g/mol. The van der Waals surface area contributed by atoms with Crippen LogP contribution in [-0.4, -0.2) is 21.4 Å². The maximum atomic E-state index is 11.1. The molecule has 0 aliphatic carbocycles. The maximum absolute atomic E-state index is 11.1. The second-order valence-corrected chi connectivity index (χ2v) is 3.97. The van der Waals surface area contributed by atoms with Crippen LogP contribution in [-0.2, 0) is 0 Å². The SMILES string of the molecule is O=C(O)c1[nH]c2ccccc2c1C=CCBr. The number of halogens is 1. The first-order chi connectivity index (χ1) is 7.74. The van der Waals surface area contributed by atoms with Gasteiger partial charge >= 0.3 is 5.97 Å². The van der Waals surface area contributed by atoms with Crippen LogP contribution in [0.5, 0.6) is 0 Å². The summed E-state index contributed by atoms with van der Waals surface area (Å²) in [5.41, 5.74) is 1.80. The zero-order chi connectivity index (χ0) is 11.5. The number of fused-ring (bicyclic) bond motifs is 1. The lowest BCUT2D eigenvalue weighted by Crippen LogP contribution is -1.98. The second-order valence-electron chi connectivity index (χ2n) is 3.32. The molecule has 82 valence electrons. The highest BCUT2D eigenvalue weighted by atomic mass is 79.9. The van der Waals surface area contributed by atoms with Crippen LogP contribution in [0, 0.1) is 0 Å². The van der Waals surface area contributed by atoms with Gasteiger partial charge in [0.05, 0.1) is 0 Å². The van der Waals surface area contributed by atoms with Crippen LogP contribution in [0.3, 0.4) is 0 Å². The molecule has 0 fully saturated rings. The van der Waals surface area contributed by atoms with Crippen molar-refractivity contribution in [3.05, 3.63) is 41.6 Å². The van der Waals surface area contributed by atoms with Crippen LogP contribution in [0.1, 0.15) is 16.1 Å². The second kappa shape index (κ2) is 4.53. The minimum absolute atomic E-state index is 0.235. The molecule has 0 aliphatic heterocycles. The van der Waals surface area contributed by atoms with Crippen molar-refractivity contribution in [3.63, 3.8) is 0 Å². The number of carbonyl (C=O) groups is 1. The number of para-hydroxylation sites is 1. The summed E-state index contributed by atoms with van der Waals surface area (Å²) >= 11 is 3.28. The number of nitrogens with one attached hydrogen (secondary N) is 1. The van der Waals surface area contributed by atoms with E-state index < -0.39 is 5.97 Å². The molecule has 2 rings (SSSR count). The zero-order valence-electron chi connectivity index (χ0n) is 8.40. The fraction of sp³-hybridized carbons (Fsp3) is 0.0833. The van der Waals surface area contributed by atoms with Gasteiger partial charge in [-0.1, -0.05) is 46.3 Å². The number of hydrogen-bond acceptors (Lipinski definition) is 1. The fourth-order valence-electron chi connectivity index (χ4n) is 1.67. The van der Waals surface area contributed by atoms with E-state index in [1.54, 1.807) is 0 Å². The number of aromatic carboxylic acids is 1. The fourth-order valence-corrected chi connectivity index (χ4v) is 1.85. The molecule has 16 heavy (non-hydrogen) atoms. The number of alkyl halides is 1. The molecule has 0 spiro atoms. The van der Waals surface area contributed by atoms with Crippen molar-refractivity contribution < 1.29 is 9.90 Å². The van der Waals surface area contributed by atoms with Gasteiger partial charge < -0.3 is 10.1 Å². The Morgan fingerprint density at radius 2 is 2.19 bits per heavy atom. The monoisotopic (exact) mass is 279 g/mol. The lowest BCUT2D eigenvalue weighted by atomic mass is 10.1. The van der Waals surface area contributed by atoms with Crippen LogP contribution in [0.15, 0.2) is 30.3 Å². The van der Waals surface area contributed by atoms with E-state index >= 15 is 0 Å². The minimum atomic E-state index is -0.939. The lowest BCUT2D eigenvalue weighted by Gasteiger charge is -1.93. The van der Waals surface area contributed by atoms with Crippen molar-refractivity contribution in [1.82, 2.24) is 4.98 Å². The van der Waals surface area contributed by atoms with E-state index in [0.29, 0.717) is 5.33 Å². The Morgan fingerprint density at radius 3 is 2.88 bits per heavy atom. The van der Waals surface area contributed by atoms with E-state index in [-0.39, 0.29) is 5.69 Å². The minimum Gasteiger partial charge on any atom is -0.477 e. The molecule has 0 atom stereocenters. The number of aromatic nitrogens is 1. The van der Waals surface area contributed by atoms with E-state index in [9.17, 15) is 4.79 Å². The predicted molar refractivity (Wildman–Crippen MR) is 68.1 cm³/mol. The van der Waals surface area contributed by atoms with Crippen LogP contribution >= 0.6 is 15.9 Å². The molecule has 2 N–H and O–H groups in total. The van der Waals surface area contributed by atoms with Gasteiger partial charge in [-0.3, -0.25) is 0 Å². The van der Waals surface area contributed by atoms with Crippen molar-refractivity contribution in [2.24, 2.45) is 0 Å². The van der Waals surface area contributed by atoms with Gasteiger partial charge in [0.25, 0.3) is 0 Å². The summed E-state index contributed by atoms with van der Waals surface area (Å²) in [4.78, 5) is 14.0. The molecule has 0 amide bonds. The topological polar surface area (TPSA) is 53.1 Å². The van der Waals surface area contributed by atoms with E-state index in [0.717, 1.165) is 16.5 Å². The van der Waals surface area contributed by atoms with Crippen LogP contribution in [0.25, 0.3) is 17.0 Å². The highest BCUT2D eigenvalue weighted by molar-refractivity contribution is 9.09. The van der Waals surface area contributed by atoms with Gasteiger partial charge in [0.2, 0.25) is 0 Å². The summed E-state index contributed by atoms with van der Waals surface area (Å²) in [6.07, 6.45) is 3.69. The Hall–Kier alpha value is -1.55. The average Bonchev–Trinajstić information content (AvgIpc) is 2.65. The molecule has 1 aromatic heterocycles. The number of aromatic amines is 1. The van der Waals surface area contributed by atoms with Gasteiger partial charge in [0.15, 0.2) is 0 Å². The molecule has 0 aliphatic rings. The highest BCUT2D eigenvalue weighted by Gasteiger charge is 2.13. The summed E-state index contributed by atoms with van der Waals surface area (Å²) in [6.45, 7) is 0. The third-order valence-electron chi connectivity index (χ3n) is 2.33. The van der Waals surface area contributed by atoms with Gasteiger partial charge in [0.1, 0.15) is 5.69 Å².